The van der Waals surface area contributed by atoms with E-state index in [2.05, 4.69) is 0 Å². The maximum atomic E-state index is 13.3. The molecule has 2 nitrogen and oxygen atoms in total. The van der Waals surface area contributed by atoms with E-state index in [-0.39, 0.29) is 0 Å². The van der Waals surface area contributed by atoms with Gasteiger partial charge in [-0.15, -0.1) is 0 Å². The molecule has 1 aromatic carbocycles. The van der Waals surface area contributed by atoms with Crippen molar-refractivity contribution in [1.29, 1.82) is 0 Å². The van der Waals surface area contributed by atoms with Crippen molar-refractivity contribution >= 4 is 10.9 Å². The number of benzene rings is 1. The van der Waals surface area contributed by atoms with Gasteiger partial charge in [0, 0.05) is 11.6 Å². The minimum Gasteiger partial charge on any atom is -0.348 e. The van der Waals surface area contributed by atoms with E-state index in [1.54, 1.807) is 4.98 Å². The summed E-state index contributed by atoms with van der Waals surface area (Å²) < 4.78 is 64.1. The number of aromatic nitrogens is 1. The number of hydrogen-bond donors (Lipinski definition) is 1. The Morgan fingerprint density at radius 3 is 2.33 bits per heavy atom. The van der Waals surface area contributed by atoms with Crippen LogP contribution in [0, 0.1) is 18.6 Å². The molecule has 0 saturated carbocycles. The molecule has 1 aromatic heterocycles. The predicted molar refractivity (Wildman–Crippen MR) is 54.2 cm³/mol. The largest absolute Gasteiger partial charge is 0.431 e. The highest BCUT2D eigenvalue weighted by molar-refractivity contribution is 5.80. The molecule has 18 heavy (non-hydrogen) atoms. The molecule has 1 N–H and O–H groups in total. The number of fused-ring (bicyclic) bond motifs is 1. The van der Waals surface area contributed by atoms with Gasteiger partial charge in [0.2, 0.25) is 0 Å². The third kappa shape index (κ3) is 1.85. The molecule has 0 spiro atoms. The van der Waals surface area contributed by atoms with Crippen molar-refractivity contribution < 1.29 is 22.0 Å². The highest BCUT2D eigenvalue weighted by atomic mass is 19.4. The molecule has 2 rings (SSSR count). The Labute approximate surface area is 97.1 Å². The number of hydrogen-bond acceptors (Lipinski definition) is 1. The molecular weight excluding hydrogens is 257 g/mol. The molecule has 0 saturated heterocycles. The second-order valence-corrected chi connectivity index (χ2v) is 3.76. The molecule has 0 bridgehead atoms. The monoisotopic (exact) mass is 263 g/mol. The first-order valence-corrected chi connectivity index (χ1v) is 4.80. The highest BCUT2D eigenvalue weighted by Gasteiger charge is 2.35. The fraction of sp³-hybridized carbons (Fsp3) is 0.182. The summed E-state index contributed by atoms with van der Waals surface area (Å²) in [6, 6.07) is 1.11. The molecule has 0 radical (unpaired) electrons. The van der Waals surface area contributed by atoms with E-state index in [1.807, 2.05) is 0 Å². The van der Waals surface area contributed by atoms with Crippen molar-refractivity contribution in [2.45, 2.75) is 13.1 Å². The van der Waals surface area contributed by atoms with E-state index >= 15 is 0 Å². The smallest absolute Gasteiger partial charge is 0.348 e. The third-order valence-electron chi connectivity index (χ3n) is 2.55. The Hall–Kier alpha value is -1.92. The maximum Gasteiger partial charge on any atom is 0.431 e. The average Bonchev–Trinajstić information content (AvgIpc) is 2.22. The van der Waals surface area contributed by atoms with Crippen LogP contribution >= 0.6 is 0 Å². The van der Waals surface area contributed by atoms with Gasteiger partial charge in [0.1, 0.15) is 17.3 Å². The van der Waals surface area contributed by atoms with Crippen LogP contribution in [0.5, 0.6) is 0 Å². The summed E-state index contributed by atoms with van der Waals surface area (Å²) in [5.74, 6) is -2.27. The Bertz CT molecular complexity index is 686. The number of H-pyrrole nitrogens is 1. The van der Waals surface area contributed by atoms with Crippen LogP contribution in [0.3, 0.4) is 0 Å². The van der Waals surface area contributed by atoms with E-state index < -0.39 is 45.4 Å². The van der Waals surface area contributed by atoms with Gasteiger partial charge >= 0.3 is 6.18 Å². The van der Waals surface area contributed by atoms with Gasteiger partial charge in [0.25, 0.3) is 0 Å². The first-order valence-electron chi connectivity index (χ1n) is 4.80. The number of pyridine rings is 1. The topological polar surface area (TPSA) is 32.9 Å². The molecular formula is C11H6F5NO. The van der Waals surface area contributed by atoms with Crippen molar-refractivity contribution in [1.82, 2.24) is 4.98 Å². The molecule has 0 aliphatic rings. The maximum absolute atomic E-state index is 13.3. The van der Waals surface area contributed by atoms with Gasteiger partial charge in [-0.2, -0.15) is 13.2 Å². The van der Waals surface area contributed by atoms with Gasteiger partial charge in [-0.25, -0.2) is 8.78 Å². The molecule has 0 aliphatic carbocycles. The van der Waals surface area contributed by atoms with Gasteiger partial charge in [-0.05, 0) is 13.0 Å². The summed E-state index contributed by atoms with van der Waals surface area (Å²) in [4.78, 5) is 13.5. The Morgan fingerprint density at radius 2 is 1.78 bits per heavy atom. The Kier molecular flexibility index (Phi) is 2.64. The van der Waals surface area contributed by atoms with Crippen LogP contribution in [0.4, 0.5) is 22.0 Å². The van der Waals surface area contributed by atoms with Crippen molar-refractivity contribution in [2.24, 2.45) is 0 Å². The molecule has 0 aliphatic heterocycles. The zero-order valence-electron chi connectivity index (χ0n) is 8.95. The van der Waals surface area contributed by atoms with Crippen LogP contribution in [0.2, 0.25) is 0 Å². The summed E-state index contributed by atoms with van der Waals surface area (Å²) in [6.45, 7) is 0.948. The van der Waals surface area contributed by atoms with E-state index in [4.69, 9.17) is 0 Å². The normalized spacial score (nSPS) is 12.1. The van der Waals surface area contributed by atoms with E-state index in [9.17, 15) is 26.7 Å². The second-order valence-electron chi connectivity index (χ2n) is 3.76. The van der Waals surface area contributed by atoms with E-state index in [0.29, 0.717) is 12.1 Å². The van der Waals surface area contributed by atoms with Crippen molar-refractivity contribution in [3.8, 4) is 0 Å². The van der Waals surface area contributed by atoms with Crippen LogP contribution in [0.1, 0.15) is 11.3 Å². The average molecular weight is 263 g/mol. The molecule has 0 fully saturated rings. The van der Waals surface area contributed by atoms with Gasteiger partial charge in [0.05, 0.1) is 10.9 Å². The van der Waals surface area contributed by atoms with Gasteiger partial charge in [-0.1, -0.05) is 0 Å². The Balaban J connectivity index is 2.98. The number of rotatable bonds is 0. The van der Waals surface area contributed by atoms with Crippen molar-refractivity contribution in [3.05, 3.63) is 45.2 Å². The zero-order chi connectivity index (χ0) is 13.7. The molecule has 0 atom stereocenters. The number of nitrogens with one attached hydrogen (secondary N) is 1. The SMILES string of the molecule is Cc1c(C(F)(F)F)[nH]c2c(F)cc(F)cc2c1=O. The summed E-state index contributed by atoms with van der Waals surface area (Å²) in [5, 5.41) is -0.446. The van der Waals surface area contributed by atoms with Crippen LogP contribution in [-0.4, -0.2) is 4.98 Å². The summed E-state index contributed by atoms with van der Waals surface area (Å²) in [5.41, 5.74) is -3.65. The van der Waals surface area contributed by atoms with Crippen molar-refractivity contribution in [2.75, 3.05) is 0 Å². The first kappa shape index (κ1) is 12.5. The first-order chi connectivity index (χ1) is 8.21. The molecule has 2 aromatic rings. The quantitative estimate of drug-likeness (QED) is 0.728. The Morgan fingerprint density at radius 1 is 1.17 bits per heavy atom. The molecule has 1 heterocycles. The van der Waals surface area contributed by atoms with Crippen LogP contribution < -0.4 is 5.43 Å². The van der Waals surface area contributed by atoms with Gasteiger partial charge < -0.3 is 4.98 Å². The standard InChI is InChI=1S/C11H6F5NO/c1-4-9(18)6-2-5(12)3-7(13)8(6)17-10(4)11(14,15)16/h2-3H,1H3,(H,17,18). The lowest BCUT2D eigenvalue weighted by atomic mass is 10.1. The minimum absolute atomic E-state index is 0.410. The molecule has 96 valence electrons. The zero-order valence-corrected chi connectivity index (χ0v) is 8.95. The summed E-state index contributed by atoms with van der Waals surface area (Å²) in [7, 11) is 0. The lowest BCUT2D eigenvalue weighted by Crippen LogP contribution is -2.19. The number of halogens is 5. The lowest BCUT2D eigenvalue weighted by molar-refractivity contribution is -0.141. The van der Waals surface area contributed by atoms with Gasteiger partial charge in [-0.3, -0.25) is 4.79 Å². The highest BCUT2D eigenvalue weighted by Crippen LogP contribution is 2.30. The number of aromatic amines is 1. The summed E-state index contributed by atoms with van der Waals surface area (Å²) >= 11 is 0. The summed E-state index contributed by atoms with van der Waals surface area (Å²) in [6.07, 6.45) is -4.81. The minimum atomic E-state index is -4.81. The predicted octanol–water partition coefficient (Wildman–Crippen LogP) is 3.13. The molecule has 0 unspecified atom stereocenters. The van der Waals surface area contributed by atoms with Crippen LogP contribution in [-0.2, 0) is 6.18 Å². The van der Waals surface area contributed by atoms with Gasteiger partial charge in [0.15, 0.2) is 5.43 Å². The van der Waals surface area contributed by atoms with E-state index in [0.717, 1.165) is 6.92 Å². The van der Waals surface area contributed by atoms with Crippen molar-refractivity contribution in [3.63, 3.8) is 0 Å². The third-order valence-corrected chi connectivity index (χ3v) is 2.55. The van der Waals surface area contributed by atoms with E-state index in [1.165, 1.54) is 0 Å². The van der Waals surface area contributed by atoms with Crippen LogP contribution in [0.15, 0.2) is 16.9 Å². The fourth-order valence-corrected chi connectivity index (χ4v) is 1.70. The second kappa shape index (κ2) is 3.79. The molecule has 0 amide bonds. The van der Waals surface area contributed by atoms with Crippen LogP contribution in [0.25, 0.3) is 10.9 Å². The fourth-order valence-electron chi connectivity index (χ4n) is 1.70. The lowest BCUT2D eigenvalue weighted by Gasteiger charge is -2.11. The molecule has 7 heteroatoms. The number of alkyl halides is 3.